The molecule has 0 bridgehead atoms. The van der Waals surface area contributed by atoms with Gasteiger partial charge in [-0.05, 0) is 43.6 Å². The van der Waals surface area contributed by atoms with E-state index in [1.54, 1.807) is 12.1 Å². The zero-order valence-electron chi connectivity index (χ0n) is 12.7. The van der Waals surface area contributed by atoms with Crippen LogP contribution in [0, 0.1) is 5.92 Å². The summed E-state index contributed by atoms with van der Waals surface area (Å²) in [5, 5.41) is 0. The van der Waals surface area contributed by atoms with E-state index in [0.29, 0.717) is 12.5 Å². The van der Waals surface area contributed by atoms with Crippen LogP contribution in [0.25, 0.3) is 0 Å². The SMILES string of the molecule is CC(C)C(N)CCN(C)Cc1cccc(OC(F)(F)F)c1. The van der Waals surface area contributed by atoms with E-state index in [1.807, 2.05) is 11.9 Å². The molecule has 1 aromatic carbocycles. The van der Waals surface area contributed by atoms with Gasteiger partial charge in [0.25, 0.3) is 0 Å². The molecule has 1 atom stereocenters. The van der Waals surface area contributed by atoms with Crippen molar-refractivity contribution in [1.82, 2.24) is 4.90 Å². The van der Waals surface area contributed by atoms with Gasteiger partial charge in [-0.15, -0.1) is 13.2 Å². The van der Waals surface area contributed by atoms with Crippen molar-refractivity contribution in [2.45, 2.75) is 39.2 Å². The van der Waals surface area contributed by atoms with Gasteiger partial charge in [-0.1, -0.05) is 26.0 Å². The maximum absolute atomic E-state index is 12.2. The van der Waals surface area contributed by atoms with Gasteiger partial charge in [0, 0.05) is 12.6 Å². The summed E-state index contributed by atoms with van der Waals surface area (Å²) in [5.74, 6) is 0.231. The summed E-state index contributed by atoms with van der Waals surface area (Å²) in [6.45, 7) is 5.49. The summed E-state index contributed by atoms with van der Waals surface area (Å²) in [7, 11) is 1.92. The molecule has 120 valence electrons. The average Bonchev–Trinajstić information content (AvgIpc) is 2.34. The van der Waals surface area contributed by atoms with Gasteiger partial charge < -0.3 is 15.4 Å². The standard InChI is InChI=1S/C15H23F3N2O/c1-11(2)14(19)7-8-20(3)10-12-5-4-6-13(9-12)21-15(16,17)18/h4-6,9,11,14H,7-8,10,19H2,1-3H3. The number of hydrogen-bond donors (Lipinski definition) is 1. The normalized spacial score (nSPS) is 13.8. The number of ether oxygens (including phenoxy) is 1. The fourth-order valence-corrected chi connectivity index (χ4v) is 1.93. The molecule has 0 fully saturated rings. The van der Waals surface area contributed by atoms with Crippen molar-refractivity contribution in [3.63, 3.8) is 0 Å². The number of halogens is 3. The number of benzene rings is 1. The molecule has 0 heterocycles. The van der Waals surface area contributed by atoms with E-state index in [2.05, 4.69) is 18.6 Å². The molecule has 1 unspecified atom stereocenters. The van der Waals surface area contributed by atoms with Crippen molar-refractivity contribution < 1.29 is 17.9 Å². The molecule has 0 saturated heterocycles. The highest BCUT2D eigenvalue weighted by molar-refractivity contribution is 5.28. The molecule has 0 amide bonds. The van der Waals surface area contributed by atoms with Crippen LogP contribution in [0.4, 0.5) is 13.2 Å². The third-order valence-electron chi connectivity index (χ3n) is 3.28. The molecule has 0 spiro atoms. The average molecular weight is 304 g/mol. The Morgan fingerprint density at radius 1 is 1.29 bits per heavy atom. The van der Waals surface area contributed by atoms with Crippen molar-refractivity contribution >= 4 is 0 Å². The third kappa shape index (κ3) is 7.34. The first kappa shape index (κ1) is 17.8. The second-order valence-corrected chi connectivity index (χ2v) is 5.63. The highest BCUT2D eigenvalue weighted by atomic mass is 19.4. The first-order valence-electron chi connectivity index (χ1n) is 6.96. The lowest BCUT2D eigenvalue weighted by Crippen LogP contribution is -2.31. The van der Waals surface area contributed by atoms with Crippen LogP contribution in [-0.2, 0) is 6.54 Å². The summed E-state index contributed by atoms with van der Waals surface area (Å²) in [5.41, 5.74) is 6.76. The molecular weight excluding hydrogens is 281 g/mol. The van der Waals surface area contributed by atoms with Crippen LogP contribution in [0.2, 0.25) is 0 Å². The fourth-order valence-electron chi connectivity index (χ4n) is 1.93. The van der Waals surface area contributed by atoms with Gasteiger partial charge in [-0.25, -0.2) is 0 Å². The number of alkyl halides is 3. The fraction of sp³-hybridized carbons (Fsp3) is 0.600. The molecule has 0 saturated carbocycles. The monoisotopic (exact) mass is 304 g/mol. The van der Waals surface area contributed by atoms with E-state index < -0.39 is 6.36 Å². The van der Waals surface area contributed by atoms with E-state index in [4.69, 9.17) is 5.73 Å². The predicted molar refractivity (Wildman–Crippen MR) is 76.9 cm³/mol. The minimum atomic E-state index is -4.66. The second-order valence-electron chi connectivity index (χ2n) is 5.63. The molecule has 6 heteroatoms. The number of nitrogens with two attached hydrogens (primary N) is 1. The molecule has 0 aliphatic carbocycles. The summed E-state index contributed by atoms with van der Waals surface area (Å²) in [6, 6.07) is 6.18. The Kier molecular flexibility index (Phi) is 6.48. The smallest absolute Gasteiger partial charge is 0.406 e. The van der Waals surface area contributed by atoms with Gasteiger partial charge in [0.05, 0.1) is 0 Å². The van der Waals surface area contributed by atoms with Gasteiger partial charge in [-0.3, -0.25) is 0 Å². The lowest BCUT2D eigenvalue weighted by atomic mass is 10.0. The van der Waals surface area contributed by atoms with E-state index in [0.717, 1.165) is 18.5 Å². The van der Waals surface area contributed by atoms with Gasteiger partial charge in [0.1, 0.15) is 5.75 Å². The zero-order valence-corrected chi connectivity index (χ0v) is 12.7. The Bertz CT molecular complexity index is 435. The van der Waals surface area contributed by atoms with E-state index in [-0.39, 0.29) is 11.8 Å². The molecule has 3 nitrogen and oxygen atoms in total. The lowest BCUT2D eigenvalue weighted by molar-refractivity contribution is -0.274. The van der Waals surface area contributed by atoms with Crippen molar-refractivity contribution in [3.05, 3.63) is 29.8 Å². The molecule has 0 radical (unpaired) electrons. The molecule has 0 aromatic heterocycles. The highest BCUT2D eigenvalue weighted by Gasteiger charge is 2.31. The Labute approximate surface area is 123 Å². The topological polar surface area (TPSA) is 38.5 Å². The molecule has 21 heavy (non-hydrogen) atoms. The Hall–Kier alpha value is -1.27. The van der Waals surface area contributed by atoms with Gasteiger partial charge >= 0.3 is 6.36 Å². The second kappa shape index (κ2) is 7.66. The van der Waals surface area contributed by atoms with Crippen molar-refractivity contribution in [1.29, 1.82) is 0 Å². The molecule has 2 N–H and O–H groups in total. The van der Waals surface area contributed by atoms with Crippen molar-refractivity contribution in [2.75, 3.05) is 13.6 Å². The van der Waals surface area contributed by atoms with Crippen LogP contribution >= 0.6 is 0 Å². The van der Waals surface area contributed by atoms with Crippen LogP contribution in [-0.4, -0.2) is 30.9 Å². The molecule has 1 rings (SSSR count). The third-order valence-corrected chi connectivity index (χ3v) is 3.28. The Morgan fingerprint density at radius 3 is 2.52 bits per heavy atom. The summed E-state index contributed by atoms with van der Waals surface area (Å²) in [6.07, 6.45) is -3.80. The number of hydrogen-bond acceptors (Lipinski definition) is 3. The minimum absolute atomic E-state index is 0.132. The Morgan fingerprint density at radius 2 is 1.95 bits per heavy atom. The quantitative estimate of drug-likeness (QED) is 0.839. The molecule has 0 aliphatic heterocycles. The predicted octanol–water partition coefficient (Wildman–Crippen LogP) is 3.39. The maximum atomic E-state index is 12.2. The van der Waals surface area contributed by atoms with Crippen LogP contribution < -0.4 is 10.5 Å². The Balaban J connectivity index is 2.52. The highest BCUT2D eigenvalue weighted by Crippen LogP contribution is 2.23. The lowest BCUT2D eigenvalue weighted by Gasteiger charge is -2.21. The van der Waals surface area contributed by atoms with Crippen LogP contribution in [0.5, 0.6) is 5.75 Å². The van der Waals surface area contributed by atoms with Crippen LogP contribution in [0.1, 0.15) is 25.8 Å². The van der Waals surface area contributed by atoms with Gasteiger partial charge in [-0.2, -0.15) is 0 Å². The summed E-state index contributed by atoms with van der Waals surface area (Å²) in [4.78, 5) is 2.04. The summed E-state index contributed by atoms with van der Waals surface area (Å²) < 4.78 is 40.4. The molecule has 0 aliphatic rings. The van der Waals surface area contributed by atoms with Gasteiger partial charge in [0.2, 0.25) is 0 Å². The van der Waals surface area contributed by atoms with Crippen molar-refractivity contribution in [2.24, 2.45) is 11.7 Å². The first-order valence-corrected chi connectivity index (χ1v) is 6.96. The van der Waals surface area contributed by atoms with Crippen LogP contribution in [0.15, 0.2) is 24.3 Å². The molecular formula is C15H23F3N2O. The van der Waals surface area contributed by atoms with E-state index >= 15 is 0 Å². The van der Waals surface area contributed by atoms with Gasteiger partial charge in [0.15, 0.2) is 0 Å². The number of nitrogens with zero attached hydrogens (tertiary/aromatic N) is 1. The van der Waals surface area contributed by atoms with E-state index in [9.17, 15) is 13.2 Å². The van der Waals surface area contributed by atoms with E-state index in [1.165, 1.54) is 12.1 Å². The molecule has 1 aromatic rings. The zero-order chi connectivity index (χ0) is 16.0. The summed E-state index contributed by atoms with van der Waals surface area (Å²) >= 11 is 0. The van der Waals surface area contributed by atoms with Crippen molar-refractivity contribution in [3.8, 4) is 5.75 Å². The minimum Gasteiger partial charge on any atom is -0.406 e. The maximum Gasteiger partial charge on any atom is 0.573 e. The number of rotatable bonds is 7. The largest absolute Gasteiger partial charge is 0.573 e. The first-order chi connectivity index (χ1) is 9.67. The van der Waals surface area contributed by atoms with Crippen LogP contribution in [0.3, 0.4) is 0 Å².